The van der Waals surface area contributed by atoms with Crippen molar-refractivity contribution in [2.45, 2.75) is 19.6 Å². The Morgan fingerprint density at radius 2 is 1.76 bits per heavy atom. The molecule has 0 aliphatic carbocycles. The molecule has 2 N–H and O–H groups in total. The molecular weight excluding hydrogens is 474 g/mol. The van der Waals surface area contributed by atoms with Crippen LogP contribution >= 0.6 is 0 Å². The van der Waals surface area contributed by atoms with Gasteiger partial charge in [-0.25, -0.2) is 0 Å². The molecule has 0 radical (unpaired) electrons. The second-order valence-corrected chi connectivity index (χ2v) is 8.67. The van der Waals surface area contributed by atoms with Gasteiger partial charge in [0.05, 0.1) is 25.3 Å². The van der Waals surface area contributed by atoms with Gasteiger partial charge in [0.15, 0.2) is 11.5 Å². The number of ether oxygens (including phenoxy) is 3. The van der Waals surface area contributed by atoms with E-state index < -0.39 is 17.7 Å². The van der Waals surface area contributed by atoms with Crippen molar-refractivity contribution in [1.82, 2.24) is 4.90 Å². The molecule has 192 valence electrons. The van der Waals surface area contributed by atoms with Gasteiger partial charge in [0.25, 0.3) is 11.7 Å². The zero-order valence-corrected chi connectivity index (χ0v) is 20.9. The Morgan fingerprint density at radius 1 is 1.00 bits per heavy atom. The first-order valence-electron chi connectivity index (χ1n) is 11.8. The summed E-state index contributed by atoms with van der Waals surface area (Å²) in [5.41, 5.74) is 2.56. The molecule has 1 fully saturated rings. The molecule has 1 heterocycles. The maximum atomic E-state index is 13.2. The molecule has 37 heavy (non-hydrogen) atoms. The molecule has 8 nitrogen and oxygen atoms in total. The van der Waals surface area contributed by atoms with Gasteiger partial charge in [-0.05, 0) is 53.9 Å². The highest BCUT2D eigenvalue weighted by Gasteiger charge is 2.46. The summed E-state index contributed by atoms with van der Waals surface area (Å²) in [6.45, 7) is 2.52. The summed E-state index contributed by atoms with van der Waals surface area (Å²) in [5.74, 6) is -1.11. The van der Waals surface area contributed by atoms with E-state index in [1.165, 1.54) is 25.2 Å². The average Bonchev–Trinajstić information content (AvgIpc) is 3.16. The number of benzene rings is 3. The van der Waals surface area contributed by atoms with Crippen LogP contribution in [0.5, 0.6) is 17.2 Å². The number of phenolic OH excluding ortho intramolecular Hbond substituents is 1. The highest BCUT2D eigenvalue weighted by molar-refractivity contribution is 6.46. The Morgan fingerprint density at radius 3 is 2.43 bits per heavy atom. The maximum absolute atomic E-state index is 13.2. The lowest BCUT2D eigenvalue weighted by Gasteiger charge is -2.25. The molecule has 3 aromatic rings. The normalized spacial score (nSPS) is 16.7. The van der Waals surface area contributed by atoms with E-state index in [4.69, 9.17) is 14.2 Å². The summed E-state index contributed by atoms with van der Waals surface area (Å²) in [6, 6.07) is 18.6. The third-order valence-corrected chi connectivity index (χ3v) is 6.30. The lowest BCUT2D eigenvalue weighted by atomic mass is 9.93. The van der Waals surface area contributed by atoms with Gasteiger partial charge in [-0.2, -0.15) is 0 Å². The number of aromatic hydroxyl groups is 1. The zero-order valence-electron chi connectivity index (χ0n) is 20.9. The third kappa shape index (κ3) is 5.29. The van der Waals surface area contributed by atoms with Crippen molar-refractivity contribution in [3.05, 3.63) is 94.6 Å². The molecule has 8 heteroatoms. The molecule has 0 spiro atoms. The number of aliphatic hydroxyl groups excluding tert-OH is 1. The molecule has 1 aliphatic heterocycles. The van der Waals surface area contributed by atoms with Crippen LogP contribution < -0.4 is 9.47 Å². The Hall–Kier alpha value is -4.30. The number of hydrogen-bond donors (Lipinski definition) is 2. The van der Waals surface area contributed by atoms with Crippen molar-refractivity contribution in [3.63, 3.8) is 0 Å². The molecule has 0 bridgehead atoms. The fourth-order valence-corrected chi connectivity index (χ4v) is 4.39. The summed E-state index contributed by atoms with van der Waals surface area (Å²) in [6.07, 6.45) is 0. The van der Waals surface area contributed by atoms with Crippen LogP contribution in [0.2, 0.25) is 0 Å². The quantitative estimate of drug-likeness (QED) is 0.254. The number of aliphatic hydroxyl groups is 1. The van der Waals surface area contributed by atoms with Gasteiger partial charge in [0.2, 0.25) is 0 Å². The topological polar surface area (TPSA) is 106 Å². The number of nitrogens with zero attached hydrogens (tertiary/aromatic N) is 1. The molecule has 1 atom stereocenters. The minimum Gasteiger partial charge on any atom is -0.507 e. The van der Waals surface area contributed by atoms with Crippen LogP contribution in [0.1, 0.15) is 28.3 Å². The summed E-state index contributed by atoms with van der Waals surface area (Å²) in [4.78, 5) is 27.5. The molecular formula is C29H29NO7. The van der Waals surface area contributed by atoms with Gasteiger partial charge < -0.3 is 29.3 Å². The first-order chi connectivity index (χ1) is 17.8. The number of Topliss-reactive ketones (excluding diaryl/α,β-unsaturated/α-hetero) is 1. The van der Waals surface area contributed by atoms with Crippen molar-refractivity contribution < 1.29 is 34.0 Å². The summed E-state index contributed by atoms with van der Waals surface area (Å²) in [7, 11) is 2.91. The monoisotopic (exact) mass is 503 g/mol. The van der Waals surface area contributed by atoms with E-state index in [1.807, 2.05) is 30.3 Å². The van der Waals surface area contributed by atoms with Crippen LogP contribution in [0.3, 0.4) is 0 Å². The lowest BCUT2D eigenvalue weighted by molar-refractivity contribution is -0.140. The first kappa shape index (κ1) is 25.8. The molecule has 3 aromatic carbocycles. The SMILES string of the molecule is COCCN1C(=O)C(=O)/C(=C(/O)c2ccc(OCc3ccccc3)cc2C)[C@H]1c1ccc(O)c(OC)c1. The van der Waals surface area contributed by atoms with E-state index in [2.05, 4.69) is 0 Å². The summed E-state index contributed by atoms with van der Waals surface area (Å²) in [5, 5.41) is 21.4. The molecule has 1 saturated heterocycles. The van der Waals surface area contributed by atoms with Crippen LogP contribution in [-0.2, 0) is 20.9 Å². The van der Waals surface area contributed by atoms with Crippen molar-refractivity contribution in [1.29, 1.82) is 0 Å². The second kappa shape index (κ2) is 11.2. The van der Waals surface area contributed by atoms with E-state index in [-0.39, 0.29) is 36.0 Å². The number of phenols is 1. The first-order valence-corrected chi connectivity index (χ1v) is 11.8. The minimum atomic E-state index is -0.891. The largest absolute Gasteiger partial charge is 0.507 e. The number of rotatable bonds is 9. The number of carbonyl (C=O) groups is 2. The highest BCUT2D eigenvalue weighted by atomic mass is 16.5. The van der Waals surface area contributed by atoms with Gasteiger partial charge >= 0.3 is 0 Å². The van der Waals surface area contributed by atoms with E-state index in [0.717, 1.165) is 5.56 Å². The van der Waals surface area contributed by atoms with Gasteiger partial charge in [-0.15, -0.1) is 0 Å². The third-order valence-electron chi connectivity index (χ3n) is 6.30. The Labute approximate surface area is 215 Å². The molecule has 0 aromatic heterocycles. The summed E-state index contributed by atoms with van der Waals surface area (Å²) >= 11 is 0. The number of ketones is 1. The van der Waals surface area contributed by atoms with E-state index >= 15 is 0 Å². The van der Waals surface area contributed by atoms with Crippen LogP contribution in [0, 0.1) is 6.92 Å². The number of aryl methyl sites for hydroxylation is 1. The van der Waals surface area contributed by atoms with E-state index in [0.29, 0.717) is 29.0 Å². The zero-order chi connectivity index (χ0) is 26.5. The van der Waals surface area contributed by atoms with Crippen LogP contribution in [0.15, 0.2) is 72.3 Å². The van der Waals surface area contributed by atoms with Crippen LogP contribution in [-0.4, -0.2) is 54.2 Å². The maximum Gasteiger partial charge on any atom is 0.295 e. The Bertz CT molecular complexity index is 1330. The Kier molecular flexibility index (Phi) is 7.79. The number of likely N-dealkylation sites (tertiary alicyclic amines) is 1. The van der Waals surface area contributed by atoms with E-state index in [1.54, 1.807) is 37.3 Å². The number of carbonyl (C=O) groups excluding carboxylic acids is 2. The second-order valence-electron chi connectivity index (χ2n) is 8.67. The Balaban J connectivity index is 1.73. The van der Waals surface area contributed by atoms with Gasteiger partial charge in [-0.3, -0.25) is 9.59 Å². The number of amides is 1. The van der Waals surface area contributed by atoms with Gasteiger partial charge in [-0.1, -0.05) is 36.4 Å². The van der Waals surface area contributed by atoms with Crippen LogP contribution in [0.25, 0.3) is 5.76 Å². The predicted molar refractivity (Wildman–Crippen MR) is 137 cm³/mol. The van der Waals surface area contributed by atoms with Crippen molar-refractivity contribution >= 4 is 17.4 Å². The summed E-state index contributed by atoms with van der Waals surface area (Å²) < 4.78 is 16.2. The smallest absolute Gasteiger partial charge is 0.295 e. The molecule has 4 rings (SSSR count). The highest BCUT2D eigenvalue weighted by Crippen LogP contribution is 2.42. The number of hydrogen-bond acceptors (Lipinski definition) is 7. The van der Waals surface area contributed by atoms with Crippen molar-refractivity contribution in [2.24, 2.45) is 0 Å². The van der Waals surface area contributed by atoms with E-state index in [9.17, 15) is 19.8 Å². The molecule has 0 unspecified atom stereocenters. The standard InChI is InChI=1S/C29H29NO7/c1-18-15-21(37-17-19-7-5-4-6-8-19)10-11-22(18)27(32)25-26(20-9-12-23(31)24(16-20)36-3)30(13-14-35-2)29(34)28(25)33/h4-12,15-16,26,31-32H,13-14,17H2,1-3H3/b27-25+/t26-/m1/s1. The molecule has 0 saturated carbocycles. The molecule has 1 amide bonds. The predicted octanol–water partition coefficient (Wildman–Crippen LogP) is 4.36. The fraction of sp³-hybridized carbons (Fsp3) is 0.241. The molecule has 1 aliphatic rings. The van der Waals surface area contributed by atoms with Crippen molar-refractivity contribution in [3.8, 4) is 17.2 Å². The fourth-order valence-electron chi connectivity index (χ4n) is 4.39. The average molecular weight is 504 g/mol. The van der Waals surface area contributed by atoms with Crippen LogP contribution in [0.4, 0.5) is 0 Å². The van der Waals surface area contributed by atoms with Crippen molar-refractivity contribution in [2.75, 3.05) is 27.4 Å². The lowest BCUT2D eigenvalue weighted by Crippen LogP contribution is -2.32. The van der Waals surface area contributed by atoms with Gasteiger partial charge in [0, 0.05) is 19.2 Å². The number of methoxy groups -OCH3 is 2. The van der Waals surface area contributed by atoms with Gasteiger partial charge in [0.1, 0.15) is 18.1 Å². The minimum absolute atomic E-state index is 0.0464.